The molecule has 3 aliphatic rings. The molecule has 0 aromatic heterocycles. The molecule has 2 unspecified atom stereocenters. The van der Waals surface area contributed by atoms with Crippen molar-refractivity contribution in [3.63, 3.8) is 0 Å². The number of imide groups is 2. The second-order valence-corrected chi connectivity index (χ2v) is 12.3. The van der Waals surface area contributed by atoms with Crippen LogP contribution in [0.5, 0.6) is 0 Å². The van der Waals surface area contributed by atoms with Gasteiger partial charge in [-0.2, -0.15) is 0 Å². The maximum Gasteiger partial charge on any atom is 0.331 e. The average molecular weight is 512 g/mol. The summed E-state index contributed by atoms with van der Waals surface area (Å²) < 4.78 is 51.0. The van der Waals surface area contributed by atoms with Gasteiger partial charge in [0, 0.05) is 42.6 Å². The topological polar surface area (TPSA) is 111 Å². The SMILES string of the molecule is CC(C)(C)[S+]([O-])N[C@@H](c1cc2c(cc1F)CC2)[C@@H](F)CC1C(=O)NC(=O)N(C2CCOCC2)C1=O. The van der Waals surface area contributed by atoms with Gasteiger partial charge in [-0.05, 0) is 63.6 Å². The summed E-state index contributed by atoms with van der Waals surface area (Å²) in [5.41, 5.74) is 1.75. The first kappa shape index (κ1) is 26.0. The van der Waals surface area contributed by atoms with E-state index in [2.05, 4.69) is 10.0 Å². The molecule has 4 amide bonds. The van der Waals surface area contributed by atoms with E-state index in [9.17, 15) is 23.3 Å². The van der Waals surface area contributed by atoms with Crippen LogP contribution in [0.15, 0.2) is 12.1 Å². The molecule has 0 saturated carbocycles. The van der Waals surface area contributed by atoms with Crippen LogP contribution in [0.1, 0.15) is 62.8 Å². The highest BCUT2D eigenvalue weighted by Crippen LogP contribution is 2.35. The molecular formula is C24H31F2N3O5S. The summed E-state index contributed by atoms with van der Waals surface area (Å²) in [6.45, 7) is 5.83. The van der Waals surface area contributed by atoms with Gasteiger partial charge in [-0.25, -0.2) is 13.6 Å². The van der Waals surface area contributed by atoms with Crippen molar-refractivity contribution in [2.45, 2.75) is 75.9 Å². The number of nitrogens with one attached hydrogen (secondary N) is 2. The fourth-order valence-corrected chi connectivity index (χ4v) is 5.45. The van der Waals surface area contributed by atoms with Gasteiger partial charge in [0.15, 0.2) is 0 Å². The Morgan fingerprint density at radius 2 is 1.83 bits per heavy atom. The number of fused-ring (bicyclic) bond motifs is 1. The molecular weight excluding hydrogens is 480 g/mol. The number of rotatable bonds is 7. The standard InChI is InChI=1S/C24H31F2N3O5S/c1-24(2,3)35(33)28-20(16-10-13-4-5-14(13)11-18(16)25)19(26)12-17-21(30)27-23(32)29(22(17)31)15-6-8-34-9-7-15/h10-11,15,17,19-20,28H,4-9,12H2,1-3H3,(H,27,30,32)/t17?,19-,20-,35?/m0/s1. The molecule has 4 rings (SSSR count). The molecule has 8 nitrogen and oxygen atoms in total. The monoisotopic (exact) mass is 511 g/mol. The first-order valence-electron chi connectivity index (χ1n) is 11.9. The summed E-state index contributed by atoms with van der Waals surface area (Å²) in [5, 5.41) is 2.16. The van der Waals surface area contributed by atoms with E-state index in [-0.39, 0.29) is 5.56 Å². The van der Waals surface area contributed by atoms with Gasteiger partial charge < -0.3 is 9.29 Å². The van der Waals surface area contributed by atoms with Gasteiger partial charge in [0.2, 0.25) is 11.8 Å². The maximum atomic E-state index is 15.9. The van der Waals surface area contributed by atoms with Crippen LogP contribution in [0.3, 0.4) is 0 Å². The number of aryl methyl sites for hydroxylation is 2. The molecule has 2 heterocycles. The molecule has 0 radical (unpaired) electrons. The summed E-state index contributed by atoms with van der Waals surface area (Å²) in [7, 11) is 0. The number of hydrogen-bond donors (Lipinski definition) is 2. The summed E-state index contributed by atoms with van der Waals surface area (Å²) in [6.07, 6.45) is -0.196. The number of benzene rings is 1. The lowest BCUT2D eigenvalue weighted by Crippen LogP contribution is -2.62. The molecule has 2 fully saturated rings. The summed E-state index contributed by atoms with van der Waals surface area (Å²) in [4.78, 5) is 39.2. The van der Waals surface area contributed by atoms with Crippen LogP contribution >= 0.6 is 0 Å². The zero-order valence-electron chi connectivity index (χ0n) is 20.1. The van der Waals surface area contributed by atoms with Gasteiger partial charge in [-0.15, -0.1) is 4.72 Å². The van der Waals surface area contributed by atoms with E-state index in [1.54, 1.807) is 26.8 Å². The Bertz CT molecular complexity index is 1010. The Labute approximate surface area is 206 Å². The van der Waals surface area contributed by atoms with Crippen molar-refractivity contribution in [2.24, 2.45) is 5.92 Å². The molecule has 2 N–H and O–H groups in total. The average Bonchev–Trinajstić information content (AvgIpc) is 2.77. The number of alkyl halides is 1. The Kier molecular flexibility index (Phi) is 7.51. The van der Waals surface area contributed by atoms with Gasteiger partial charge in [0.25, 0.3) is 0 Å². The van der Waals surface area contributed by atoms with Gasteiger partial charge in [0.1, 0.15) is 28.7 Å². The number of barbiturate groups is 1. The van der Waals surface area contributed by atoms with E-state index in [1.807, 2.05) is 0 Å². The molecule has 1 aromatic carbocycles. The second kappa shape index (κ2) is 10.1. The zero-order chi connectivity index (χ0) is 25.5. The minimum Gasteiger partial charge on any atom is -0.598 e. The van der Waals surface area contributed by atoms with E-state index in [0.717, 1.165) is 28.9 Å². The summed E-state index contributed by atoms with van der Waals surface area (Å²) in [5.74, 6) is -3.76. The van der Waals surface area contributed by atoms with Crippen molar-refractivity contribution < 1.29 is 32.5 Å². The van der Waals surface area contributed by atoms with Crippen LogP contribution in [0.4, 0.5) is 13.6 Å². The number of nitrogens with zero attached hydrogens (tertiary/aromatic N) is 1. The second-order valence-electron chi connectivity index (χ2n) is 10.3. The molecule has 11 heteroatoms. The van der Waals surface area contributed by atoms with E-state index in [0.29, 0.717) is 26.1 Å². The minimum atomic E-state index is -1.93. The molecule has 1 aliphatic carbocycles. The Morgan fingerprint density at radius 3 is 2.43 bits per heavy atom. The molecule has 2 saturated heterocycles. The van der Waals surface area contributed by atoms with Gasteiger partial charge in [-0.1, -0.05) is 6.07 Å². The minimum absolute atomic E-state index is 0.00887. The molecule has 192 valence electrons. The van der Waals surface area contributed by atoms with Crippen molar-refractivity contribution in [1.29, 1.82) is 0 Å². The lowest BCUT2D eigenvalue weighted by atomic mass is 9.84. The normalized spacial score (nSPS) is 23.9. The fraction of sp³-hybridized carbons (Fsp3) is 0.625. The number of carbonyl (C=O) groups excluding carboxylic acids is 3. The van der Waals surface area contributed by atoms with Gasteiger partial charge >= 0.3 is 6.03 Å². The molecule has 4 atom stereocenters. The molecule has 2 aliphatic heterocycles. The van der Waals surface area contributed by atoms with E-state index in [4.69, 9.17) is 4.74 Å². The number of urea groups is 1. The van der Waals surface area contributed by atoms with Crippen LogP contribution < -0.4 is 10.0 Å². The Morgan fingerprint density at radius 1 is 1.20 bits per heavy atom. The molecule has 1 aromatic rings. The maximum absolute atomic E-state index is 15.9. The van der Waals surface area contributed by atoms with E-state index < -0.39 is 70.4 Å². The van der Waals surface area contributed by atoms with Gasteiger partial charge in [0.05, 0.1) is 0 Å². The Hall–Kier alpha value is -2.08. The number of ether oxygens (including phenoxy) is 1. The van der Waals surface area contributed by atoms with Crippen LogP contribution in [-0.4, -0.2) is 57.5 Å². The smallest absolute Gasteiger partial charge is 0.331 e. The van der Waals surface area contributed by atoms with Crippen LogP contribution in [-0.2, 0) is 38.5 Å². The Balaban J connectivity index is 1.59. The van der Waals surface area contributed by atoms with Crippen LogP contribution in [0.25, 0.3) is 0 Å². The third-order valence-electron chi connectivity index (χ3n) is 6.79. The number of halogens is 2. The first-order valence-corrected chi connectivity index (χ1v) is 13.0. The first-order chi connectivity index (χ1) is 16.5. The third kappa shape index (κ3) is 5.37. The van der Waals surface area contributed by atoms with E-state index in [1.165, 1.54) is 6.07 Å². The largest absolute Gasteiger partial charge is 0.598 e. The zero-order valence-corrected chi connectivity index (χ0v) is 20.9. The molecule has 0 bridgehead atoms. The number of amides is 4. The van der Waals surface area contributed by atoms with Crippen molar-refractivity contribution >= 4 is 29.2 Å². The highest BCUT2D eigenvalue weighted by Gasteiger charge is 2.46. The lowest BCUT2D eigenvalue weighted by molar-refractivity contribution is -0.146. The van der Waals surface area contributed by atoms with Crippen LogP contribution in [0, 0.1) is 11.7 Å². The van der Waals surface area contributed by atoms with E-state index >= 15 is 4.39 Å². The molecule has 0 spiro atoms. The fourth-order valence-electron chi connectivity index (χ4n) is 4.59. The number of carbonyl (C=O) groups is 3. The van der Waals surface area contributed by atoms with Crippen molar-refractivity contribution in [3.05, 3.63) is 34.6 Å². The van der Waals surface area contributed by atoms with Crippen LogP contribution in [0.2, 0.25) is 0 Å². The van der Waals surface area contributed by atoms with Crippen molar-refractivity contribution in [2.75, 3.05) is 13.2 Å². The highest BCUT2D eigenvalue weighted by molar-refractivity contribution is 7.90. The predicted molar refractivity (Wildman–Crippen MR) is 125 cm³/mol. The third-order valence-corrected chi connectivity index (χ3v) is 8.37. The number of hydrogen-bond acceptors (Lipinski definition) is 6. The van der Waals surface area contributed by atoms with Crippen molar-refractivity contribution in [3.8, 4) is 0 Å². The van der Waals surface area contributed by atoms with Crippen molar-refractivity contribution in [1.82, 2.24) is 14.9 Å². The summed E-state index contributed by atoms with van der Waals surface area (Å²) >= 11 is -1.75. The summed E-state index contributed by atoms with van der Waals surface area (Å²) in [6, 6.07) is 0.308. The quantitative estimate of drug-likeness (QED) is 0.430. The molecule has 35 heavy (non-hydrogen) atoms. The lowest BCUT2D eigenvalue weighted by Gasteiger charge is -2.38. The predicted octanol–water partition coefficient (Wildman–Crippen LogP) is 2.62. The van der Waals surface area contributed by atoms with Gasteiger partial charge in [-0.3, -0.25) is 19.8 Å². The highest BCUT2D eigenvalue weighted by atomic mass is 32.2.